The normalized spacial score (nSPS) is 23.1. The van der Waals surface area contributed by atoms with E-state index in [1.54, 1.807) is 6.20 Å². The summed E-state index contributed by atoms with van der Waals surface area (Å²) >= 11 is 0. The number of benzene rings is 5. The molecule has 52 heavy (non-hydrogen) atoms. The van der Waals surface area contributed by atoms with Crippen molar-refractivity contribution in [3.8, 4) is 51.5 Å². The van der Waals surface area contributed by atoms with Gasteiger partial charge in [0.2, 0.25) is 0 Å². The molecule has 250 valence electrons. The van der Waals surface area contributed by atoms with Gasteiger partial charge in [0.25, 0.3) is 0 Å². The Labute approximate surface area is 304 Å². The second-order valence-corrected chi connectivity index (χ2v) is 15.5. The van der Waals surface area contributed by atoms with Gasteiger partial charge in [0, 0.05) is 17.3 Å². The van der Waals surface area contributed by atoms with Crippen molar-refractivity contribution in [3.05, 3.63) is 156 Å². The van der Waals surface area contributed by atoms with E-state index in [-0.39, 0.29) is 10.8 Å². The summed E-state index contributed by atoms with van der Waals surface area (Å²) in [4.78, 5) is 19.3. The van der Waals surface area contributed by atoms with Crippen LogP contribution in [0.5, 0.6) is 0 Å². The average molecular weight is 672 g/mol. The van der Waals surface area contributed by atoms with Gasteiger partial charge in [0.05, 0.1) is 11.6 Å². The Hall–Kier alpha value is -5.99. The minimum absolute atomic E-state index is 0.190. The lowest BCUT2D eigenvalue weighted by Crippen LogP contribution is -2.55. The zero-order chi connectivity index (χ0) is 34.7. The molecule has 2 heterocycles. The van der Waals surface area contributed by atoms with Gasteiger partial charge in [-0.1, -0.05) is 103 Å². The van der Waals surface area contributed by atoms with E-state index in [1.807, 2.05) is 60.7 Å². The molecular weight excluding hydrogens is 635 g/mol. The molecule has 2 atom stereocenters. The van der Waals surface area contributed by atoms with Crippen LogP contribution in [-0.4, -0.2) is 19.9 Å². The first-order valence-electron chi connectivity index (χ1n) is 18.4. The van der Waals surface area contributed by atoms with Gasteiger partial charge in [-0.25, -0.2) is 15.0 Å². The van der Waals surface area contributed by atoms with Gasteiger partial charge >= 0.3 is 0 Å². The molecule has 0 N–H and O–H groups in total. The lowest BCUT2D eigenvalue weighted by Gasteiger charge is -2.63. The highest BCUT2D eigenvalue weighted by atomic mass is 15.0. The molecule has 4 aliphatic rings. The monoisotopic (exact) mass is 671 g/mol. The summed E-state index contributed by atoms with van der Waals surface area (Å²) < 4.78 is 0. The molecule has 0 spiro atoms. The van der Waals surface area contributed by atoms with E-state index in [1.165, 1.54) is 60.8 Å². The second kappa shape index (κ2) is 12.1. The van der Waals surface area contributed by atoms with Crippen LogP contribution in [0, 0.1) is 23.2 Å². The Bertz CT molecular complexity index is 2410. The Kier molecular flexibility index (Phi) is 7.15. The van der Waals surface area contributed by atoms with Crippen LogP contribution < -0.4 is 0 Å². The maximum atomic E-state index is 9.30. The SMILES string of the molecule is N#Cc1ccc2cc(-c3ccc(C45CC6CC(C4)CC(c4ccc(-c7nc(-c8ccccc8)nc(-c8ccccn8)n7)cc4)(C6)C5)cc3)ccc2c1. The zero-order valence-corrected chi connectivity index (χ0v) is 28.9. The average Bonchev–Trinajstić information content (AvgIpc) is 3.20. The van der Waals surface area contributed by atoms with Gasteiger partial charge in [-0.05, 0) is 125 Å². The predicted octanol–water partition coefficient (Wildman–Crippen LogP) is 10.7. The maximum absolute atomic E-state index is 9.30. The summed E-state index contributed by atoms with van der Waals surface area (Å²) in [6.07, 6.45) is 9.50. The molecule has 0 saturated heterocycles. The Balaban J connectivity index is 0.958. The highest BCUT2D eigenvalue weighted by molar-refractivity contribution is 5.88. The van der Waals surface area contributed by atoms with Crippen LogP contribution in [0.1, 0.15) is 55.2 Å². The minimum atomic E-state index is 0.190. The summed E-state index contributed by atoms with van der Waals surface area (Å²) in [6, 6.07) is 49.4. The van der Waals surface area contributed by atoms with Gasteiger partial charge in [0.1, 0.15) is 5.69 Å². The second-order valence-electron chi connectivity index (χ2n) is 15.5. The molecule has 7 aromatic rings. The van der Waals surface area contributed by atoms with Crippen molar-refractivity contribution < 1.29 is 0 Å². The number of nitriles is 1. The molecule has 0 amide bonds. The molecule has 4 bridgehead atoms. The van der Waals surface area contributed by atoms with Crippen molar-refractivity contribution in [1.29, 1.82) is 5.26 Å². The van der Waals surface area contributed by atoms with Crippen LogP contribution >= 0.6 is 0 Å². The molecule has 4 fully saturated rings. The lowest BCUT2D eigenvalue weighted by molar-refractivity contribution is -0.0281. The first-order chi connectivity index (χ1) is 25.5. The minimum Gasteiger partial charge on any atom is -0.253 e. The fraction of sp³-hybridized carbons (Fsp3) is 0.213. The number of hydrogen-bond donors (Lipinski definition) is 0. The molecule has 4 aliphatic carbocycles. The van der Waals surface area contributed by atoms with Crippen molar-refractivity contribution >= 4 is 10.8 Å². The van der Waals surface area contributed by atoms with Crippen molar-refractivity contribution in [1.82, 2.24) is 19.9 Å². The standard InChI is InChI=1S/C47H37N5/c48-29-31-9-10-39-24-38(12-11-37(39)23-31)34-13-17-40(18-14-34)46-25-32-22-33(26-46)28-47(27-32,30-46)41-19-15-36(16-20-41)44-50-43(35-6-2-1-3-7-35)51-45(52-44)42-8-4-5-21-49-42/h1-21,23-24,32-33H,22,25-28,30H2. The maximum Gasteiger partial charge on any atom is 0.182 e. The zero-order valence-electron chi connectivity index (χ0n) is 28.9. The van der Waals surface area contributed by atoms with Gasteiger partial charge in [-0.3, -0.25) is 4.98 Å². The molecule has 0 radical (unpaired) electrons. The first-order valence-corrected chi connectivity index (χ1v) is 18.4. The van der Waals surface area contributed by atoms with Gasteiger partial charge in [-0.2, -0.15) is 5.26 Å². The molecule has 2 unspecified atom stereocenters. The lowest BCUT2D eigenvalue weighted by atomic mass is 9.41. The van der Waals surface area contributed by atoms with E-state index in [2.05, 4.69) is 83.8 Å². The summed E-state index contributed by atoms with van der Waals surface area (Å²) in [7, 11) is 0. The predicted molar refractivity (Wildman–Crippen MR) is 206 cm³/mol. The fourth-order valence-corrected chi connectivity index (χ4v) is 10.3. The molecular formula is C47H37N5. The summed E-state index contributed by atoms with van der Waals surface area (Å²) in [6.45, 7) is 0. The molecule has 0 aliphatic heterocycles. The molecule has 5 heteroatoms. The molecule has 4 saturated carbocycles. The first kappa shape index (κ1) is 30.8. The molecule has 5 aromatic carbocycles. The highest BCUT2D eigenvalue weighted by Crippen LogP contribution is 2.66. The number of pyridine rings is 1. The third kappa shape index (κ3) is 5.29. The van der Waals surface area contributed by atoms with Crippen LogP contribution in [0.2, 0.25) is 0 Å². The largest absolute Gasteiger partial charge is 0.253 e. The van der Waals surface area contributed by atoms with E-state index in [4.69, 9.17) is 15.0 Å². The van der Waals surface area contributed by atoms with E-state index in [9.17, 15) is 5.26 Å². The van der Waals surface area contributed by atoms with Crippen molar-refractivity contribution in [2.24, 2.45) is 11.8 Å². The molecule has 5 nitrogen and oxygen atoms in total. The number of hydrogen-bond acceptors (Lipinski definition) is 5. The van der Waals surface area contributed by atoms with E-state index in [0.29, 0.717) is 23.0 Å². The van der Waals surface area contributed by atoms with Crippen LogP contribution in [0.3, 0.4) is 0 Å². The Morgan fingerprint density at radius 3 is 1.71 bits per heavy atom. The molecule has 11 rings (SSSR count). The van der Waals surface area contributed by atoms with Crippen LogP contribution in [0.15, 0.2) is 140 Å². The third-order valence-electron chi connectivity index (χ3n) is 12.2. The number of fused-ring (bicyclic) bond motifs is 1. The number of rotatable bonds is 6. The molecule has 2 aromatic heterocycles. The van der Waals surface area contributed by atoms with Crippen LogP contribution in [0.25, 0.3) is 56.2 Å². The van der Waals surface area contributed by atoms with Gasteiger partial charge < -0.3 is 0 Å². The quantitative estimate of drug-likeness (QED) is 0.176. The van der Waals surface area contributed by atoms with Gasteiger partial charge in [0.15, 0.2) is 17.5 Å². The van der Waals surface area contributed by atoms with E-state index >= 15 is 0 Å². The van der Waals surface area contributed by atoms with Crippen molar-refractivity contribution in [2.45, 2.75) is 49.4 Å². The number of nitrogens with zero attached hydrogens (tertiary/aromatic N) is 5. The Morgan fingerprint density at radius 2 is 1.08 bits per heavy atom. The Morgan fingerprint density at radius 1 is 0.519 bits per heavy atom. The smallest absolute Gasteiger partial charge is 0.182 e. The summed E-state index contributed by atoms with van der Waals surface area (Å²) in [5.74, 6) is 3.42. The van der Waals surface area contributed by atoms with E-state index in [0.717, 1.165) is 39.4 Å². The van der Waals surface area contributed by atoms with Gasteiger partial charge in [-0.15, -0.1) is 0 Å². The third-order valence-corrected chi connectivity index (χ3v) is 12.2. The summed E-state index contributed by atoms with van der Waals surface area (Å²) in [5.41, 5.74) is 9.22. The fourth-order valence-electron chi connectivity index (χ4n) is 10.3. The highest BCUT2D eigenvalue weighted by Gasteiger charge is 2.58. The van der Waals surface area contributed by atoms with Crippen molar-refractivity contribution in [2.75, 3.05) is 0 Å². The summed E-state index contributed by atoms with van der Waals surface area (Å²) in [5, 5.41) is 11.6. The van der Waals surface area contributed by atoms with Crippen molar-refractivity contribution in [3.63, 3.8) is 0 Å². The van der Waals surface area contributed by atoms with Crippen LogP contribution in [-0.2, 0) is 10.8 Å². The van der Waals surface area contributed by atoms with Crippen LogP contribution in [0.4, 0.5) is 0 Å². The van der Waals surface area contributed by atoms with E-state index < -0.39 is 0 Å². The topological polar surface area (TPSA) is 75.3 Å². The number of aromatic nitrogens is 4.